The van der Waals surface area contributed by atoms with Crippen molar-refractivity contribution in [2.75, 3.05) is 5.32 Å². The van der Waals surface area contributed by atoms with E-state index in [-0.39, 0.29) is 11.3 Å². The molecule has 0 unspecified atom stereocenters. The summed E-state index contributed by atoms with van der Waals surface area (Å²) in [7, 11) is 0. The molecule has 0 aromatic heterocycles. The monoisotopic (exact) mass is 285 g/mol. The highest BCUT2D eigenvalue weighted by Crippen LogP contribution is 2.45. The van der Waals surface area contributed by atoms with E-state index < -0.39 is 0 Å². The minimum absolute atomic E-state index is 0.166. The molecule has 0 radical (unpaired) electrons. The summed E-state index contributed by atoms with van der Waals surface area (Å²) < 4.78 is 0. The van der Waals surface area contributed by atoms with Crippen LogP contribution in [0.15, 0.2) is 30.3 Å². The van der Waals surface area contributed by atoms with Gasteiger partial charge in [0.05, 0.1) is 5.41 Å². The number of hydrogen-bond acceptors (Lipinski definition) is 1. The van der Waals surface area contributed by atoms with Crippen molar-refractivity contribution >= 4 is 17.7 Å². The van der Waals surface area contributed by atoms with E-state index in [1.165, 1.54) is 18.4 Å². The number of rotatable bonds is 5. The first-order valence-corrected chi connectivity index (χ1v) is 8.16. The number of nitrogens with one attached hydrogen (secondary N) is 1. The number of amides is 1. The Kier molecular flexibility index (Phi) is 5.22. The summed E-state index contributed by atoms with van der Waals surface area (Å²) in [5, 5.41) is 3.13. The third-order valence-electron chi connectivity index (χ3n) is 4.77. The molecule has 1 aliphatic carbocycles. The molecule has 1 saturated carbocycles. The molecule has 0 aliphatic heterocycles. The third-order valence-corrected chi connectivity index (χ3v) is 4.77. The lowest BCUT2D eigenvalue weighted by Crippen LogP contribution is -2.38. The van der Waals surface area contributed by atoms with E-state index in [1.807, 2.05) is 12.1 Å². The summed E-state index contributed by atoms with van der Waals surface area (Å²) in [6, 6.07) is 8.10. The molecule has 1 aromatic carbocycles. The van der Waals surface area contributed by atoms with Crippen molar-refractivity contribution in [2.45, 2.75) is 52.9 Å². The summed E-state index contributed by atoms with van der Waals surface area (Å²) in [5.41, 5.74) is 1.91. The van der Waals surface area contributed by atoms with Crippen molar-refractivity contribution in [2.24, 2.45) is 11.3 Å². The Balaban J connectivity index is 2.07. The minimum Gasteiger partial charge on any atom is -0.326 e. The maximum Gasteiger partial charge on any atom is 0.230 e. The lowest BCUT2D eigenvalue weighted by Gasteiger charge is -2.31. The molecule has 0 heterocycles. The van der Waals surface area contributed by atoms with Crippen molar-refractivity contribution in [1.82, 2.24) is 0 Å². The van der Waals surface area contributed by atoms with Crippen LogP contribution in [-0.2, 0) is 4.79 Å². The Morgan fingerprint density at radius 1 is 1.24 bits per heavy atom. The summed E-state index contributed by atoms with van der Waals surface area (Å²) >= 11 is 0. The van der Waals surface area contributed by atoms with Gasteiger partial charge < -0.3 is 5.32 Å². The average Bonchev–Trinajstić information content (AvgIpc) is 2.97. The third kappa shape index (κ3) is 3.55. The molecule has 0 atom stereocenters. The molecule has 114 valence electrons. The van der Waals surface area contributed by atoms with Gasteiger partial charge in [-0.15, -0.1) is 0 Å². The highest BCUT2D eigenvalue weighted by molar-refractivity contribution is 5.95. The Morgan fingerprint density at radius 3 is 2.38 bits per heavy atom. The fourth-order valence-corrected chi connectivity index (χ4v) is 3.26. The first kappa shape index (κ1) is 15.8. The standard InChI is InChI=1S/C19H27NO/c1-4-5-8-16-9-11-17(12-10-16)20-18(21)19(15(2)3)13-6-7-14-19/h5,8-12,15H,4,6-7,13-14H2,1-3H3,(H,20,21)/b8-5+. The minimum atomic E-state index is -0.166. The Morgan fingerprint density at radius 2 is 1.86 bits per heavy atom. The van der Waals surface area contributed by atoms with Crippen LogP contribution in [0.25, 0.3) is 6.08 Å². The summed E-state index contributed by atoms with van der Waals surface area (Å²) in [6.45, 7) is 6.46. The molecule has 2 nitrogen and oxygen atoms in total. The first-order chi connectivity index (χ1) is 10.1. The molecule has 0 spiro atoms. The van der Waals surface area contributed by atoms with Crippen molar-refractivity contribution in [3.05, 3.63) is 35.9 Å². The van der Waals surface area contributed by atoms with Gasteiger partial charge in [0.15, 0.2) is 0 Å². The summed E-state index contributed by atoms with van der Waals surface area (Å²) in [4.78, 5) is 12.7. The zero-order chi connectivity index (χ0) is 15.3. The number of carbonyl (C=O) groups is 1. The molecule has 1 amide bonds. The van der Waals surface area contributed by atoms with Crippen molar-refractivity contribution in [3.63, 3.8) is 0 Å². The largest absolute Gasteiger partial charge is 0.326 e. The van der Waals surface area contributed by atoms with E-state index in [0.717, 1.165) is 24.9 Å². The van der Waals surface area contributed by atoms with Gasteiger partial charge in [-0.05, 0) is 42.9 Å². The molecule has 0 bridgehead atoms. The van der Waals surface area contributed by atoms with Gasteiger partial charge in [0.25, 0.3) is 0 Å². The normalized spacial score (nSPS) is 17.5. The maximum absolute atomic E-state index is 12.7. The molecular formula is C19H27NO. The van der Waals surface area contributed by atoms with Crippen LogP contribution >= 0.6 is 0 Å². The molecular weight excluding hydrogens is 258 g/mol. The Labute approximate surface area is 128 Å². The van der Waals surface area contributed by atoms with Crippen LogP contribution in [0.1, 0.15) is 58.4 Å². The van der Waals surface area contributed by atoms with Gasteiger partial charge in [0.1, 0.15) is 0 Å². The van der Waals surface area contributed by atoms with E-state index in [0.29, 0.717) is 5.92 Å². The van der Waals surface area contributed by atoms with Crippen LogP contribution in [0.3, 0.4) is 0 Å². The van der Waals surface area contributed by atoms with E-state index in [9.17, 15) is 4.79 Å². The lowest BCUT2D eigenvalue weighted by atomic mass is 9.75. The van der Waals surface area contributed by atoms with Crippen molar-refractivity contribution in [1.29, 1.82) is 0 Å². The van der Waals surface area contributed by atoms with Gasteiger partial charge >= 0.3 is 0 Å². The van der Waals surface area contributed by atoms with Gasteiger partial charge in [-0.3, -0.25) is 4.79 Å². The van der Waals surface area contributed by atoms with E-state index >= 15 is 0 Å². The number of benzene rings is 1. The number of anilines is 1. The van der Waals surface area contributed by atoms with Gasteiger partial charge in [-0.25, -0.2) is 0 Å². The second-order valence-corrected chi connectivity index (χ2v) is 6.40. The first-order valence-electron chi connectivity index (χ1n) is 8.16. The zero-order valence-electron chi connectivity index (χ0n) is 13.5. The zero-order valence-corrected chi connectivity index (χ0v) is 13.5. The fraction of sp³-hybridized carbons (Fsp3) is 0.526. The van der Waals surface area contributed by atoms with E-state index in [4.69, 9.17) is 0 Å². The van der Waals surface area contributed by atoms with Crippen molar-refractivity contribution in [3.8, 4) is 0 Å². The van der Waals surface area contributed by atoms with Crippen LogP contribution in [0.4, 0.5) is 5.69 Å². The molecule has 0 saturated heterocycles. The number of carbonyl (C=O) groups excluding carboxylic acids is 1. The second kappa shape index (κ2) is 6.93. The van der Waals surface area contributed by atoms with Crippen LogP contribution in [0, 0.1) is 11.3 Å². The second-order valence-electron chi connectivity index (χ2n) is 6.40. The maximum atomic E-state index is 12.7. The van der Waals surface area contributed by atoms with Crippen LogP contribution in [-0.4, -0.2) is 5.91 Å². The van der Waals surface area contributed by atoms with Gasteiger partial charge in [0, 0.05) is 5.69 Å². The van der Waals surface area contributed by atoms with E-state index in [2.05, 4.69) is 50.4 Å². The molecule has 21 heavy (non-hydrogen) atoms. The van der Waals surface area contributed by atoms with Gasteiger partial charge in [0.2, 0.25) is 5.91 Å². The molecule has 1 aromatic rings. The summed E-state index contributed by atoms with van der Waals surface area (Å²) in [6.07, 6.45) is 9.67. The smallest absolute Gasteiger partial charge is 0.230 e. The summed E-state index contributed by atoms with van der Waals surface area (Å²) in [5.74, 6) is 0.596. The quantitative estimate of drug-likeness (QED) is 0.785. The van der Waals surface area contributed by atoms with E-state index in [1.54, 1.807) is 0 Å². The van der Waals surface area contributed by atoms with Crippen LogP contribution in [0.2, 0.25) is 0 Å². The highest BCUT2D eigenvalue weighted by Gasteiger charge is 2.43. The topological polar surface area (TPSA) is 29.1 Å². The fourth-order valence-electron chi connectivity index (χ4n) is 3.26. The predicted octanol–water partition coefficient (Wildman–Crippen LogP) is 5.26. The molecule has 1 N–H and O–H groups in total. The van der Waals surface area contributed by atoms with Gasteiger partial charge in [-0.1, -0.05) is 57.9 Å². The van der Waals surface area contributed by atoms with Crippen LogP contribution < -0.4 is 5.32 Å². The lowest BCUT2D eigenvalue weighted by molar-refractivity contribution is -0.127. The highest BCUT2D eigenvalue weighted by atomic mass is 16.2. The SMILES string of the molecule is CC/C=C/c1ccc(NC(=O)C2(C(C)C)CCCC2)cc1. The van der Waals surface area contributed by atoms with Crippen LogP contribution in [0.5, 0.6) is 0 Å². The Bertz CT molecular complexity index is 493. The number of hydrogen-bond donors (Lipinski definition) is 1. The van der Waals surface area contributed by atoms with Crippen molar-refractivity contribution < 1.29 is 4.79 Å². The number of allylic oxidation sites excluding steroid dienone is 1. The molecule has 2 rings (SSSR count). The van der Waals surface area contributed by atoms with Gasteiger partial charge in [-0.2, -0.15) is 0 Å². The molecule has 1 fully saturated rings. The molecule has 1 aliphatic rings. The predicted molar refractivity (Wildman–Crippen MR) is 90.1 cm³/mol. The average molecular weight is 285 g/mol. The molecule has 2 heteroatoms. The Hall–Kier alpha value is -1.57.